The van der Waals surface area contributed by atoms with Crippen LogP contribution in [0.1, 0.15) is 18.7 Å². The normalized spacial score (nSPS) is 22.9. The Morgan fingerprint density at radius 1 is 1.43 bits per heavy atom. The van der Waals surface area contributed by atoms with Crippen LogP contribution in [0.15, 0.2) is 24.3 Å². The minimum atomic E-state index is 0.122. The quantitative estimate of drug-likeness (QED) is 0.746. The van der Waals surface area contributed by atoms with Crippen LogP contribution in [-0.2, 0) is 4.74 Å². The Hall–Kier alpha value is -0.570. The highest BCUT2D eigenvalue weighted by Crippen LogP contribution is 2.26. The second kappa shape index (κ2) is 4.30. The molecule has 1 aliphatic heterocycles. The zero-order valence-electron chi connectivity index (χ0n) is 8.24. The van der Waals surface area contributed by atoms with Gasteiger partial charge < -0.3 is 4.74 Å². The lowest BCUT2D eigenvalue weighted by atomic mass is 10.2. The largest absolute Gasteiger partial charge is 0.358 e. The Morgan fingerprint density at radius 2 is 2.14 bits per heavy atom. The number of halogens is 1. The summed E-state index contributed by atoms with van der Waals surface area (Å²) in [5.74, 6) is 0. The predicted octanol–water partition coefficient (Wildman–Crippen LogP) is 2.69. The lowest BCUT2D eigenvalue weighted by molar-refractivity contribution is 0.0353. The van der Waals surface area contributed by atoms with Crippen molar-refractivity contribution in [2.45, 2.75) is 13.2 Å². The van der Waals surface area contributed by atoms with Gasteiger partial charge in [0.05, 0.1) is 6.61 Å². The molecule has 0 amide bonds. The SMILES string of the molecule is CCN1CCO[C@H]1c1ccc(Cl)cc1. The first-order chi connectivity index (χ1) is 6.81. The molecule has 1 aliphatic rings. The van der Waals surface area contributed by atoms with Crippen LogP contribution in [0.25, 0.3) is 0 Å². The third kappa shape index (κ3) is 1.92. The topological polar surface area (TPSA) is 12.5 Å². The maximum atomic E-state index is 5.83. The molecule has 1 aromatic carbocycles. The number of hydrogen-bond donors (Lipinski definition) is 0. The minimum absolute atomic E-state index is 0.122. The van der Waals surface area contributed by atoms with Gasteiger partial charge in [-0.25, -0.2) is 0 Å². The Kier molecular flexibility index (Phi) is 3.06. The van der Waals surface area contributed by atoms with Crippen molar-refractivity contribution in [3.63, 3.8) is 0 Å². The molecule has 1 atom stereocenters. The smallest absolute Gasteiger partial charge is 0.136 e. The van der Waals surface area contributed by atoms with Crippen molar-refractivity contribution in [3.05, 3.63) is 34.9 Å². The molecule has 1 heterocycles. The number of nitrogens with zero attached hydrogens (tertiary/aromatic N) is 1. The average Bonchev–Trinajstić information content (AvgIpc) is 2.67. The van der Waals surface area contributed by atoms with Crippen LogP contribution in [0.3, 0.4) is 0 Å². The summed E-state index contributed by atoms with van der Waals surface area (Å²) in [5.41, 5.74) is 1.19. The molecule has 3 heteroatoms. The molecule has 14 heavy (non-hydrogen) atoms. The van der Waals surface area contributed by atoms with E-state index in [0.29, 0.717) is 0 Å². The Balaban J connectivity index is 2.17. The fourth-order valence-corrected chi connectivity index (χ4v) is 1.89. The summed E-state index contributed by atoms with van der Waals surface area (Å²) in [4.78, 5) is 2.31. The second-order valence-corrected chi connectivity index (χ2v) is 3.84. The van der Waals surface area contributed by atoms with Gasteiger partial charge in [-0.2, -0.15) is 0 Å². The van der Waals surface area contributed by atoms with Crippen LogP contribution < -0.4 is 0 Å². The van der Waals surface area contributed by atoms with E-state index in [2.05, 4.69) is 11.8 Å². The predicted molar refractivity (Wildman–Crippen MR) is 57.4 cm³/mol. The highest BCUT2D eigenvalue weighted by atomic mass is 35.5. The molecule has 0 saturated carbocycles. The number of rotatable bonds is 2. The zero-order valence-corrected chi connectivity index (χ0v) is 9.00. The molecule has 0 aliphatic carbocycles. The maximum absolute atomic E-state index is 5.83. The molecule has 1 saturated heterocycles. The van der Waals surface area contributed by atoms with E-state index >= 15 is 0 Å². The first kappa shape index (κ1) is 9.97. The van der Waals surface area contributed by atoms with Crippen LogP contribution in [0.5, 0.6) is 0 Å². The monoisotopic (exact) mass is 211 g/mol. The second-order valence-electron chi connectivity index (χ2n) is 3.40. The fraction of sp³-hybridized carbons (Fsp3) is 0.455. The maximum Gasteiger partial charge on any atom is 0.136 e. The molecule has 0 aromatic heterocycles. The third-order valence-electron chi connectivity index (χ3n) is 2.55. The summed E-state index contributed by atoms with van der Waals surface area (Å²) in [6, 6.07) is 7.88. The molecule has 0 spiro atoms. The summed E-state index contributed by atoms with van der Waals surface area (Å²) < 4.78 is 5.67. The van der Waals surface area contributed by atoms with Gasteiger partial charge in [-0.15, -0.1) is 0 Å². The van der Waals surface area contributed by atoms with E-state index in [9.17, 15) is 0 Å². The van der Waals surface area contributed by atoms with Crippen molar-refractivity contribution in [1.29, 1.82) is 0 Å². The molecule has 1 aromatic rings. The highest BCUT2D eigenvalue weighted by molar-refractivity contribution is 6.30. The molecular weight excluding hydrogens is 198 g/mol. The lowest BCUT2D eigenvalue weighted by Gasteiger charge is -2.21. The third-order valence-corrected chi connectivity index (χ3v) is 2.80. The molecule has 2 nitrogen and oxygen atoms in total. The Labute approximate surface area is 89.4 Å². The first-order valence-corrected chi connectivity index (χ1v) is 5.30. The number of benzene rings is 1. The summed E-state index contributed by atoms with van der Waals surface area (Å²) in [6.45, 7) is 5.01. The molecule has 0 unspecified atom stereocenters. The van der Waals surface area contributed by atoms with Crippen molar-refractivity contribution in [2.75, 3.05) is 19.7 Å². The van der Waals surface area contributed by atoms with Crippen LogP contribution in [0.4, 0.5) is 0 Å². The molecule has 1 fully saturated rings. The summed E-state index contributed by atoms with van der Waals surface area (Å²) >= 11 is 5.83. The number of likely N-dealkylation sites (N-methyl/N-ethyl adjacent to an activating group) is 1. The van der Waals surface area contributed by atoms with Gasteiger partial charge >= 0.3 is 0 Å². The molecule has 76 valence electrons. The Morgan fingerprint density at radius 3 is 2.79 bits per heavy atom. The molecule has 0 bridgehead atoms. The van der Waals surface area contributed by atoms with E-state index in [0.717, 1.165) is 24.7 Å². The summed E-state index contributed by atoms with van der Waals surface area (Å²) in [5, 5.41) is 0.773. The minimum Gasteiger partial charge on any atom is -0.358 e. The van der Waals surface area contributed by atoms with Gasteiger partial charge in [-0.3, -0.25) is 4.90 Å². The van der Waals surface area contributed by atoms with Gasteiger partial charge in [0.1, 0.15) is 6.23 Å². The van der Waals surface area contributed by atoms with Crippen LogP contribution in [0, 0.1) is 0 Å². The van der Waals surface area contributed by atoms with E-state index in [-0.39, 0.29) is 6.23 Å². The van der Waals surface area contributed by atoms with E-state index in [1.165, 1.54) is 5.56 Å². The van der Waals surface area contributed by atoms with Gasteiger partial charge in [-0.1, -0.05) is 30.7 Å². The van der Waals surface area contributed by atoms with Crippen molar-refractivity contribution in [3.8, 4) is 0 Å². The summed E-state index contributed by atoms with van der Waals surface area (Å²) in [7, 11) is 0. The van der Waals surface area contributed by atoms with E-state index in [4.69, 9.17) is 16.3 Å². The van der Waals surface area contributed by atoms with Gasteiger partial charge in [-0.05, 0) is 24.2 Å². The van der Waals surface area contributed by atoms with E-state index < -0.39 is 0 Å². The molecule has 0 N–H and O–H groups in total. The van der Waals surface area contributed by atoms with Gasteiger partial charge in [0.15, 0.2) is 0 Å². The number of hydrogen-bond acceptors (Lipinski definition) is 2. The van der Waals surface area contributed by atoms with Crippen LogP contribution >= 0.6 is 11.6 Å². The first-order valence-electron chi connectivity index (χ1n) is 4.92. The van der Waals surface area contributed by atoms with Crippen molar-refractivity contribution in [2.24, 2.45) is 0 Å². The Bertz CT molecular complexity index is 299. The highest BCUT2D eigenvalue weighted by Gasteiger charge is 2.24. The van der Waals surface area contributed by atoms with E-state index in [1.807, 2.05) is 24.3 Å². The van der Waals surface area contributed by atoms with Gasteiger partial charge in [0.2, 0.25) is 0 Å². The lowest BCUT2D eigenvalue weighted by Crippen LogP contribution is -2.23. The van der Waals surface area contributed by atoms with Crippen LogP contribution in [-0.4, -0.2) is 24.6 Å². The number of ether oxygens (including phenoxy) is 1. The van der Waals surface area contributed by atoms with Crippen molar-refractivity contribution in [1.82, 2.24) is 4.90 Å². The van der Waals surface area contributed by atoms with Crippen LogP contribution in [0.2, 0.25) is 5.02 Å². The fourth-order valence-electron chi connectivity index (χ4n) is 1.76. The average molecular weight is 212 g/mol. The molecule has 2 rings (SSSR count). The summed E-state index contributed by atoms with van der Waals surface area (Å²) in [6.07, 6.45) is 0.122. The molecular formula is C11H14ClNO. The zero-order chi connectivity index (χ0) is 9.97. The van der Waals surface area contributed by atoms with Crippen molar-refractivity contribution >= 4 is 11.6 Å². The van der Waals surface area contributed by atoms with E-state index in [1.54, 1.807) is 0 Å². The standard InChI is InChI=1S/C11H14ClNO/c1-2-13-7-8-14-11(13)9-3-5-10(12)6-4-9/h3-6,11H,2,7-8H2,1H3/t11-/m0/s1. The van der Waals surface area contributed by atoms with Gasteiger partial charge in [0, 0.05) is 11.6 Å². The molecule has 0 radical (unpaired) electrons. The van der Waals surface area contributed by atoms with Crippen molar-refractivity contribution < 1.29 is 4.74 Å². The van der Waals surface area contributed by atoms with Gasteiger partial charge in [0.25, 0.3) is 0 Å².